The molecule has 0 bridgehead atoms. The minimum Gasteiger partial charge on any atom is -0.356 e. The molecule has 6 rings (SSSR count). The standard InChI is InChI=1S/C33H42FN5O5/c1-33(2)22-16-39(28(26(22)33)31(43)36-20(17-40)14-19-10-7-13-35-29(19)41)32(44)27(18-8-4-3-5-9-18)38-30(42)25-15-21-23(34)11-6-12-24(21)37-25/h6,11-12,15,17-20,22,26-28,37H,3-5,7-10,13-14,16H2,1-2H3,(H,35,41)(H,36,43)(H,38,42)/t19-,20-,22-,26-,27-,28-/m0/s1. The van der Waals surface area contributed by atoms with Gasteiger partial charge in [-0.15, -0.1) is 0 Å². The molecule has 6 atom stereocenters. The van der Waals surface area contributed by atoms with Gasteiger partial charge < -0.3 is 30.6 Å². The van der Waals surface area contributed by atoms with Crippen LogP contribution < -0.4 is 16.0 Å². The van der Waals surface area contributed by atoms with Crippen LogP contribution in [0.1, 0.15) is 75.7 Å². The van der Waals surface area contributed by atoms with Gasteiger partial charge in [-0.05, 0) is 73.5 Å². The van der Waals surface area contributed by atoms with Gasteiger partial charge in [0.2, 0.25) is 17.7 Å². The number of aldehydes is 1. The first-order valence-electron chi connectivity index (χ1n) is 16.0. The van der Waals surface area contributed by atoms with E-state index < -0.39 is 35.8 Å². The molecule has 4 N–H and O–H groups in total. The molecule has 4 aliphatic rings. The van der Waals surface area contributed by atoms with Gasteiger partial charge in [-0.3, -0.25) is 19.2 Å². The number of carbonyl (C=O) groups is 5. The molecule has 236 valence electrons. The van der Waals surface area contributed by atoms with Crippen LogP contribution in [-0.2, 0) is 19.2 Å². The van der Waals surface area contributed by atoms with E-state index in [1.807, 2.05) is 0 Å². The smallest absolute Gasteiger partial charge is 0.268 e. The molecule has 1 aromatic carbocycles. The Balaban J connectivity index is 1.22. The summed E-state index contributed by atoms with van der Waals surface area (Å²) >= 11 is 0. The fraction of sp³-hybridized carbons (Fsp3) is 0.606. The molecule has 44 heavy (non-hydrogen) atoms. The van der Waals surface area contributed by atoms with E-state index in [1.54, 1.807) is 17.0 Å². The summed E-state index contributed by atoms with van der Waals surface area (Å²) in [5.41, 5.74) is 0.514. The van der Waals surface area contributed by atoms with Gasteiger partial charge in [0, 0.05) is 29.9 Å². The van der Waals surface area contributed by atoms with Gasteiger partial charge in [-0.1, -0.05) is 39.2 Å². The number of hydrogen-bond acceptors (Lipinski definition) is 5. The number of piperidine rings is 2. The van der Waals surface area contributed by atoms with E-state index in [4.69, 9.17) is 0 Å². The molecule has 2 saturated carbocycles. The third-order valence-corrected chi connectivity index (χ3v) is 10.7. The van der Waals surface area contributed by atoms with Crippen molar-refractivity contribution in [2.75, 3.05) is 13.1 Å². The normalized spacial score (nSPS) is 27.6. The van der Waals surface area contributed by atoms with Crippen molar-refractivity contribution in [3.63, 3.8) is 0 Å². The lowest BCUT2D eigenvalue weighted by Gasteiger charge is -2.37. The monoisotopic (exact) mass is 607 g/mol. The molecular weight excluding hydrogens is 565 g/mol. The third-order valence-electron chi connectivity index (χ3n) is 10.7. The molecule has 4 amide bonds. The van der Waals surface area contributed by atoms with Gasteiger partial charge >= 0.3 is 0 Å². The molecule has 2 saturated heterocycles. The van der Waals surface area contributed by atoms with Gasteiger partial charge in [0.25, 0.3) is 5.91 Å². The maximum Gasteiger partial charge on any atom is 0.268 e. The number of carbonyl (C=O) groups excluding carboxylic acids is 5. The number of H-pyrrole nitrogens is 1. The second-order valence-corrected chi connectivity index (χ2v) is 13.7. The number of halogens is 1. The number of nitrogens with one attached hydrogen (secondary N) is 4. The summed E-state index contributed by atoms with van der Waals surface area (Å²) in [6.45, 7) is 5.18. The summed E-state index contributed by atoms with van der Waals surface area (Å²) in [4.78, 5) is 70.7. The van der Waals surface area contributed by atoms with Crippen LogP contribution in [0.3, 0.4) is 0 Å². The Kier molecular flexibility index (Phi) is 8.24. The number of aromatic amines is 1. The van der Waals surface area contributed by atoms with Crippen molar-refractivity contribution >= 4 is 40.8 Å². The molecule has 11 heteroatoms. The van der Waals surface area contributed by atoms with Gasteiger partial charge in [-0.2, -0.15) is 0 Å². The van der Waals surface area contributed by atoms with Crippen LogP contribution in [0.25, 0.3) is 10.9 Å². The number of fused-ring (bicyclic) bond motifs is 2. The molecule has 2 aliphatic carbocycles. The van der Waals surface area contributed by atoms with Crippen LogP contribution in [0.5, 0.6) is 0 Å². The van der Waals surface area contributed by atoms with Crippen molar-refractivity contribution in [2.24, 2.45) is 29.1 Å². The summed E-state index contributed by atoms with van der Waals surface area (Å²) in [6.07, 6.45) is 6.86. The van der Waals surface area contributed by atoms with Crippen molar-refractivity contribution in [3.05, 3.63) is 35.8 Å². The van der Waals surface area contributed by atoms with Crippen molar-refractivity contribution in [2.45, 2.75) is 83.3 Å². The molecule has 2 aromatic rings. The lowest BCUT2D eigenvalue weighted by molar-refractivity contribution is -0.143. The van der Waals surface area contributed by atoms with Gasteiger partial charge in [0.15, 0.2) is 0 Å². The van der Waals surface area contributed by atoms with Crippen molar-refractivity contribution in [3.8, 4) is 0 Å². The zero-order valence-corrected chi connectivity index (χ0v) is 25.4. The predicted octanol–water partition coefficient (Wildman–Crippen LogP) is 3.07. The van der Waals surface area contributed by atoms with E-state index in [2.05, 4.69) is 34.8 Å². The van der Waals surface area contributed by atoms with E-state index >= 15 is 0 Å². The second kappa shape index (κ2) is 12.0. The first-order chi connectivity index (χ1) is 21.1. The lowest BCUT2D eigenvalue weighted by Crippen LogP contribution is -2.59. The summed E-state index contributed by atoms with van der Waals surface area (Å²) in [7, 11) is 0. The highest BCUT2D eigenvalue weighted by Gasteiger charge is 2.69. The molecule has 3 heterocycles. The fourth-order valence-corrected chi connectivity index (χ4v) is 8.08. The third kappa shape index (κ3) is 5.61. The van der Waals surface area contributed by atoms with E-state index in [9.17, 15) is 28.4 Å². The molecule has 2 aliphatic heterocycles. The van der Waals surface area contributed by atoms with Crippen LogP contribution in [0.2, 0.25) is 0 Å². The Hall–Kier alpha value is -3.76. The lowest BCUT2D eigenvalue weighted by atomic mass is 9.83. The zero-order valence-electron chi connectivity index (χ0n) is 25.4. The van der Waals surface area contributed by atoms with Crippen molar-refractivity contribution < 1.29 is 28.4 Å². The first kappa shape index (κ1) is 30.3. The predicted molar refractivity (Wildman–Crippen MR) is 161 cm³/mol. The summed E-state index contributed by atoms with van der Waals surface area (Å²) in [6, 6.07) is 3.57. The Morgan fingerprint density at radius 1 is 1.11 bits per heavy atom. The average molecular weight is 608 g/mol. The Labute approximate surface area is 256 Å². The van der Waals surface area contributed by atoms with Crippen LogP contribution in [0.15, 0.2) is 24.3 Å². The number of likely N-dealkylation sites (tertiary alicyclic amines) is 1. The molecule has 0 radical (unpaired) electrons. The quantitative estimate of drug-likeness (QED) is 0.325. The van der Waals surface area contributed by atoms with Crippen LogP contribution in [0.4, 0.5) is 4.39 Å². The Bertz CT molecular complexity index is 1470. The van der Waals surface area contributed by atoms with E-state index in [1.165, 1.54) is 12.1 Å². The van der Waals surface area contributed by atoms with Gasteiger partial charge in [0.05, 0.1) is 6.04 Å². The number of amides is 4. The summed E-state index contributed by atoms with van der Waals surface area (Å²) in [5, 5.41) is 8.94. The minimum absolute atomic E-state index is 0.0730. The average Bonchev–Trinajstić information content (AvgIpc) is 3.40. The van der Waals surface area contributed by atoms with Gasteiger partial charge in [0.1, 0.15) is 29.9 Å². The first-order valence-corrected chi connectivity index (χ1v) is 16.0. The second-order valence-electron chi connectivity index (χ2n) is 13.7. The SMILES string of the molecule is CC1(C)[C@@H]2[C@@H](C(=O)N[C@H](C=O)C[C@@H]3CCCNC3=O)N(C(=O)[C@@H](NC(=O)c3cc4c(F)cccc4[nH]3)C3CCCCC3)C[C@@H]21. The molecule has 4 fully saturated rings. The van der Waals surface area contributed by atoms with Crippen LogP contribution >= 0.6 is 0 Å². The molecule has 10 nitrogen and oxygen atoms in total. The summed E-state index contributed by atoms with van der Waals surface area (Å²) in [5.74, 6) is -2.14. The number of rotatable bonds is 9. The highest BCUT2D eigenvalue weighted by atomic mass is 19.1. The Morgan fingerprint density at radius 2 is 1.89 bits per heavy atom. The largest absolute Gasteiger partial charge is 0.356 e. The highest BCUT2D eigenvalue weighted by molar-refractivity contribution is 6.01. The summed E-state index contributed by atoms with van der Waals surface area (Å²) < 4.78 is 14.3. The maximum absolute atomic E-state index is 14.4. The van der Waals surface area contributed by atoms with Crippen LogP contribution in [0, 0.1) is 34.9 Å². The zero-order chi connectivity index (χ0) is 31.2. The molecule has 1 aromatic heterocycles. The maximum atomic E-state index is 14.4. The number of aromatic nitrogens is 1. The molecular formula is C33H42FN5O5. The van der Waals surface area contributed by atoms with Gasteiger partial charge in [-0.25, -0.2) is 4.39 Å². The number of hydrogen-bond donors (Lipinski definition) is 4. The van der Waals surface area contributed by atoms with E-state index in [0.717, 1.165) is 38.5 Å². The van der Waals surface area contributed by atoms with Crippen molar-refractivity contribution in [1.82, 2.24) is 25.8 Å². The molecule has 0 unspecified atom stereocenters. The molecule has 0 spiro atoms. The fourth-order valence-electron chi connectivity index (χ4n) is 8.08. The van der Waals surface area contributed by atoms with Crippen molar-refractivity contribution in [1.29, 1.82) is 0 Å². The van der Waals surface area contributed by atoms with E-state index in [0.29, 0.717) is 36.7 Å². The van der Waals surface area contributed by atoms with Crippen LogP contribution in [-0.4, -0.2) is 71.0 Å². The van der Waals surface area contributed by atoms with E-state index in [-0.39, 0.29) is 53.0 Å². The highest BCUT2D eigenvalue weighted by Crippen LogP contribution is 2.65. The number of nitrogens with zero attached hydrogens (tertiary/aromatic N) is 1. The minimum atomic E-state index is -0.845. The number of benzene rings is 1. The topological polar surface area (TPSA) is 140 Å². The Morgan fingerprint density at radius 3 is 2.59 bits per heavy atom.